The Bertz CT molecular complexity index is 615. The van der Waals surface area contributed by atoms with Gasteiger partial charge in [0.1, 0.15) is 11.8 Å². The van der Waals surface area contributed by atoms with E-state index in [4.69, 9.17) is 9.84 Å². The van der Waals surface area contributed by atoms with Crippen LogP contribution in [-0.2, 0) is 14.4 Å². The maximum Gasteiger partial charge on any atom is 0.346 e. The normalized spacial score (nSPS) is 24.0. The van der Waals surface area contributed by atoms with E-state index in [1.165, 1.54) is 4.90 Å². The van der Waals surface area contributed by atoms with Crippen molar-refractivity contribution in [1.82, 2.24) is 5.32 Å². The zero-order valence-corrected chi connectivity index (χ0v) is 11.1. The van der Waals surface area contributed by atoms with Crippen LogP contribution in [0.2, 0.25) is 0 Å². The summed E-state index contributed by atoms with van der Waals surface area (Å²) in [6.07, 6.45) is -0.374. The summed E-state index contributed by atoms with van der Waals surface area (Å²) in [4.78, 5) is 36.4. The number of hydrogen-bond donors (Lipinski definition) is 2. The number of ether oxygens (including phenoxy) is 1. The molecule has 1 fully saturated rings. The van der Waals surface area contributed by atoms with Gasteiger partial charge < -0.3 is 20.1 Å². The maximum absolute atomic E-state index is 12.5. The number of carboxylic acids is 1. The Hall–Kier alpha value is -2.57. The number of amides is 2. The molecule has 0 aromatic heterocycles. The molecule has 0 spiro atoms. The van der Waals surface area contributed by atoms with Gasteiger partial charge >= 0.3 is 5.97 Å². The van der Waals surface area contributed by atoms with Gasteiger partial charge in [0.15, 0.2) is 0 Å². The third-order valence-corrected chi connectivity index (χ3v) is 3.61. The zero-order chi connectivity index (χ0) is 15.0. The van der Waals surface area contributed by atoms with E-state index in [0.717, 1.165) is 0 Å². The molecule has 0 bridgehead atoms. The van der Waals surface area contributed by atoms with Crippen LogP contribution in [0.25, 0.3) is 0 Å². The van der Waals surface area contributed by atoms with Gasteiger partial charge in [-0.25, -0.2) is 4.79 Å². The minimum absolute atomic E-state index is 0.0719. The number of carbonyl (C=O) groups excluding carboxylic acids is 2. The third kappa shape index (κ3) is 2.42. The number of aliphatic carboxylic acids is 1. The molecule has 7 heteroatoms. The summed E-state index contributed by atoms with van der Waals surface area (Å²) < 4.78 is 5.38. The molecule has 2 N–H and O–H groups in total. The predicted octanol–water partition coefficient (Wildman–Crippen LogP) is 0.144. The van der Waals surface area contributed by atoms with Gasteiger partial charge in [-0.05, 0) is 18.6 Å². The Morgan fingerprint density at radius 1 is 1.33 bits per heavy atom. The predicted molar refractivity (Wildman–Crippen MR) is 72.0 cm³/mol. The highest BCUT2D eigenvalue weighted by molar-refractivity contribution is 6.02. The lowest BCUT2D eigenvalue weighted by Gasteiger charge is -2.34. The van der Waals surface area contributed by atoms with Gasteiger partial charge in [-0.3, -0.25) is 9.59 Å². The first-order chi connectivity index (χ1) is 10.1. The number of para-hydroxylation sites is 2. The van der Waals surface area contributed by atoms with E-state index < -0.39 is 18.1 Å². The van der Waals surface area contributed by atoms with Crippen molar-refractivity contribution in [1.29, 1.82) is 0 Å². The van der Waals surface area contributed by atoms with Gasteiger partial charge in [0.2, 0.25) is 17.9 Å². The van der Waals surface area contributed by atoms with Crippen molar-refractivity contribution >= 4 is 23.5 Å². The molecule has 7 nitrogen and oxygen atoms in total. The summed E-state index contributed by atoms with van der Waals surface area (Å²) in [5, 5.41) is 11.7. The quantitative estimate of drug-likeness (QED) is 0.808. The fraction of sp³-hybridized carbons (Fsp3) is 0.357. The van der Waals surface area contributed by atoms with Crippen LogP contribution < -0.4 is 15.0 Å². The largest absolute Gasteiger partial charge is 0.478 e. The highest BCUT2D eigenvalue weighted by Gasteiger charge is 2.38. The van der Waals surface area contributed by atoms with Crippen molar-refractivity contribution in [2.45, 2.75) is 25.0 Å². The van der Waals surface area contributed by atoms with Gasteiger partial charge in [-0.15, -0.1) is 0 Å². The van der Waals surface area contributed by atoms with Crippen molar-refractivity contribution in [3.05, 3.63) is 24.3 Å². The highest BCUT2D eigenvalue weighted by Crippen LogP contribution is 2.34. The monoisotopic (exact) mass is 290 g/mol. The summed E-state index contributed by atoms with van der Waals surface area (Å²) in [5.41, 5.74) is 0.529. The van der Waals surface area contributed by atoms with Crippen molar-refractivity contribution in [3.63, 3.8) is 0 Å². The van der Waals surface area contributed by atoms with E-state index in [-0.39, 0.29) is 18.4 Å². The Morgan fingerprint density at radius 3 is 2.76 bits per heavy atom. The van der Waals surface area contributed by atoms with Crippen LogP contribution in [0.3, 0.4) is 0 Å². The molecule has 21 heavy (non-hydrogen) atoms. The second-order valence-electron chi connectivity index (χ2n) is 5.02. The second-order valence-corrected chi connectivity index (χ2v) is 5.02. The molecule has 1 aromatic carbocycles. The molecule has 3 rings (SSSR count). The fourth-order valence-electron chi connectivity index (χ4n) is 2.56. The number of hydrogen-bond acceptors (Lipinski definition) is 4. The number of anilines is 1. The lowest BCUT2D eigenvalue weighted by molar-refractivity contribution is -0.145. The molecule has 0 radical (unpaired) electrons. The molecule has 110 valence electrons. The smallest absolute Gasteiger partial charge is 0.346 e. The van der Waals surface area contributed by atoms with Crippen molar-refractivity contribution < 1.29 is 24.2 Å². The average molecular weight is 290 g/mol. The van der Waals surface area contributed by atoms with Crippen LogP contribution in [0.1, 0.15) is 12.8 Å². The highest BCUT2D eigenvalue weighted by atomic mass is 16.5. The number of carboxylic acid groups (broad SMARTS) is 1. The minimum Gasteiger partial charge on any atom is -0.478 e. The minimum atomic E-state index is -1.13. The van der Waals surface area contributed by atoms with Crippen LogP contribution in [0, 0.1) is 0 Å². The first-order valence-corrected chi connectivity index (χ1v) is 6.65. The molecule has 0 aliphatic carbocycles. The molecule has 1 saturated heterocycles. The summed E-state index contributed by atoms with van der Waals surface area (Å²) in [5.74, 6) is -1.24. The summed E-state index contributed by atoms with van der Waals surface area (Å²) in [6.45, 7) is -0.0719. The van der Waals surface area contributed by atoms with Gasteiger partial charge in [-0.2, -0.15) is 0 Å². The van der Waals surface area contributed by atoms with E-state index in [9.17, 15) is 14.4 Å². The third-order valence-electron chi connectivity index (χ3n) is 3.61. The fourth-order valence-corrected chi connectivity index (χ4v) is 2.56. The second kappa shape index (κ2) is 5.08. The summed E-state index contributed by atoms with van der Waals surface area (Å²) >= 11 is 0. The molecule has 0 saturated carbocycles. The van der Waals surface area contributed by atoms with Crippen molar-refractivity contribution in [2.24, 2.45) is 0 Å². The van der Waals surface area contributed by atoms with E-state index in [1.54, 1.807) is 24.3 Å². The summed E-state index contributed by atoms with van der Waals surface area (Å²) in [6, 6.07) is 6.18. The zero-order valence-electron chi connectivity index (χ0n) is 11.1. The SMILES string of the molecule is O=C1CC[C@@H](C(=O)N2CC(C(=O)O)Oc3ccccc32)N1. The molecule has 1 unspecified atom stereocenters. The van der Waals surface area contributed by atoms with Gasteiger partial charge in [-0.1, -0.05) is 12.1 Å². The molecule has 2 aliphatic rings. The van der Waals surface area contributed by atoms with E-state index in [1.807, 2.05) is 0 Å². The molecular formula is C14H14N2O5. The van der Waals surface area contributed by atoms with Crippen LogP contribution in [0.5, 0.6) is 5.75 Å². The van der Waals surface area contributed by atoms with Crippen molar-refractivity contribution in [3.8, 4) is 5.75 Å². The lowest BCUT2D eigenvalue weighted by atomic mass is 10.1. The van der Waals surface area contributed by atoms with Crippen LogP contribution in [-0.4, -0.2) is 41.6 Å². The van der Waals surface area contributed by atoms with Crippen LogP contribution >= 0.6 is 0 Å². The topological polar surface area (TPSA) is 95.9 Å². The number of nitrogens with zero attached hydrogens (tertiary/aromatic N) is 1. The molecule has 1 aromatic rings. The Morgan fingerprint density at radius 2 is 2.10 bits per heavy atom. The van der Waals surface area contributed by atoms with Gasteiger partial charge in [0.25, 0.3) is 0 Å². The number of nitrogens with one attached hydrogen (secondary N) is 1. The van der Waals surface area contributed by atoms with Crippen molar-refractivity contribution in [2.75, 3.05) is 11.4 Å². The molecule has 2 atom stereocenters. The standard InChI is InChI=1S/C14H14N2O5/c17-12-6-5-8(15-12)13(18)16-7-11(14(19)20)21-10-4-2-1-3-9(10)16/h1-4,8,11H,5-7H2,(H,15,17)(H,19,20)/t8-,11?/m0/s1. The number of benzene rings is 1. The molecule has 2 heterocycles. The first-order valence-electron chi connectivity index (χ1n) is 6.65. The molecule has 2 aliphatic heterocycles. The molecule has 2 amide bonds. The first kappa shape index (κ1) is 13.4. The lowest BCUT2D eigenvalue weighted by Crippen LogP contribution is -2.52. The Kier molecular flexibility index (Phi) is 3.25. The van der Waals surface area contributed by atoms with Crippen LogP contribution in [0.4, 0.5) is 5.69 Å². The van der Waals surface area contributed by atoms with Gasteiger partial charge in [0, 0.05) is 6.42 Å². The Balaban J connectivity index is 1.91. The number of fused-ring (bicyclic) bond motifs is 1. The average Bonchev–Trinajstić information content (AvgIpc) is 2.92. The van der Waals surface area contributed by atoms with E-state index >= 15 is 0 Å². The van der Waals surface area contributed by atoms with E-state index in [0.29, 0.717) is 24.3 Å². The maximum atomic E-state index is 12.5. The van der Waals surface area contributed by atoms with Gasteiger partial charge in [0.05, 0.1) is 12.2 Å². The number of rotatable bonds is 2. The summed E-state index contributed by atoms with van der Waals surface area (Å²) in [7, 11) is 0. The van der Waals surface area contributed by atoms with Crippen LogP contribution in [0.15, 0.2) is 24.3 Å². The number of carbonyl (C=O) groups is 3. The Labute approximate surface area is 120 Å². The van der Waals surface area contributed by atoms with E-state index in [2.05, 4.69) is 5.32 Å². The molecular weight excluding hydrogens is 276 g/mol.